The zero-order valence-corrected chi connectivity index (χ0v) is 20.0. The van der Waals surface area contributed by atoms with Crippen molar-refractivity contribution in [2.24, 2.45) is 0 Å². The highest BCUT2D eigenvalue weighted by atomic mass is 16.6. The van der Waals surface area contributed by atoms with Crippen LogP contribution in [0, 0.1) is 0 Å². The Kier molecular flexibility index (Phi) is 9.27. The molecular weight excluding hydrogens is 422 g/mol. The number of amides is 2. The summed E-state index contributed by atoms with van der Waals surface area (Å²) in [6.07, 6.45) is -0.516. The lowest BCUT2D eigenvalue weighted by molar-refractivity contribution is -0.0366. The van der Waals surface area contributed by atoms with E-state index in [-0.39, 0.29) is 13.2 Å². The molecule has 0 aliphatic heterocycles. The van der Waals surface area contributed by atoms with Gasteiger partial charge in [-0.25, -0.2) is 19.6 Å². The van der Waals surface area contributed by atoms with Gasteiger partial charge in [0.1, 0.15) is 18.5 Å². The molecule has 2 aromatic carbocycles. The summed E-state index contributed by atoms with van der Waals surface area (Å²) < 4.78 is 10.9. The second kappa shape index (κ2) is 11.9. The van der Waals surface area contributed by atoms with Gasteiger partial charge in [0.15, 0.2) is 0 Å². The molecule has 0 heterocycles. The maximum atomic E-state index is 12.9. The smallest absolute Gasteiger partial charge is 0.429 e. The van der Waals surface area contributed by atoms with Gasteiger partial charge in [-0.1, -0.05) is 30.3 Å². The van der Waals surface area contributed by atoms with Gasteiger partial charge in [-0.2, -0.15) is 0 Å². The quantitative estimate of drug-likeness (QED) is 0.422. The van der Waals surface area contributed by atoms with Crippen LogP contribution in [0.25, 0.3) is 0 Å². The maximum absolute atomic E-state index is 12.9. The minimum absolute atomic E-state index is 0.0936. The number of ether oxygens (including phenoxy) is 2. The van der Waals surface area contributed by atoms with Gasteiger partial charge in [0, 0.05) is 31.4 Å². The molecule has 2 aromatic rings. The molecule has 8 nitrogen and oxygen atoms in total. The van der Waals surface area contributed by atoms with Crippen LogP contribution in [0.3, 0.4) is 0 Å². The van der Waals surface area contributed by atoms with E-state index in [0.29, 0.717) is 18.7 Å². The molecule has 0 unspecified atom stereocenters. The average molecular weight is 456 g/mol. The first-order valence-electron chi connectivity index (χ1n) is 10.9. The van der Waals surface area contributed by atoms with E-state index in [9.17, 15) is 14.4 Å². The third-order valence-electron chi connectivity index (χ3n) is 4.79. The first-order valence-corrected chi connectivity index (χ1v) is 10.9. The predicted molar refractivity (Wildman–Crippen MR) is 127 cm³/mol. The van der Waals surface area contributed by atoms with Gasteiger partial charge >= 0.3 is 12.2 Å². The van der Waals surface area contributed by atoms with Crippen LogP contribution in [-0.4, -0.2) is 60.8 Å². The first-order chi connectivity index (χ1) is 15.6. The van der Waals surface area contributed by atoms with E-state index in [0.717, 1.165) is 22.5 Å². The van der Waals surface area contributed by atoms with Crippen molar-refractivity contribution < 1.29 is 23.9 Å². The topological polar surface area (TPSA) is 79.4 Å². The van der Waals surface area contributed by atoms with Crippen LogP contribution in [0.4, 0.5) is 15.3 Å². The fourth-order valence-electron chi connectivity index (χ4n) is 3.04. The van der Waals surface area contributed by atoms with Gasteiger partial charge < -0.3 is 14.4 Å². The molecule has 0 fully saturated rings. The van der Waals surface area contributed by atoms with Crippen molar-refractivity contribution in [1.82, 2.24) is 10.0 Å². The number of hydrazine groups is 1. The predicted octanol–water partition coefficient (Wildman–Crippen LogP) is 4.75. The molecule has 0 aliphatic carbocycles. The Bertz CT molecular complexity index is 910. The second-order valence-electron chi connectivity index (χ2n) is 8.46. The molecule has 2 amide bonds. The maximum Gasteiger partial charge on any atom is 0.429 e. The van der Waals surface area contributed by atoms with Crippen LogP contribution in [0.2, 0.25) is 0 Å². The summed E-state index contributed by atoms with van der Waals surface area (Å²) >= 11 is 0. The molecule has 0 saturated carbocycles. The Morgan fingerprint density at radius 3 is 2.12 bits per heavy atom. The number of likely N-dealkylation sites (N-methyl/N-ethyl adjacent to an activating group) is 1. The Balaban J connectivity index is 2.11. The third-order valence-corrected chi connectivity index (χ3v) is 4.79. The van der Waals surface area contributed by atoms with Crippen LogP contribution < -0.4 is 4.90 Å². The summed E-state index contributed by atoms with van der Waals surface area (Å²) in [5.41, 5.74) is 1.62. The molecule has 0 bridgehead atoms. The Morgan fingerprint density at radius 1 is 0.939 bits per heavy atom. The number of benzene rings is 2. The van der Waals surface area contributed by atoms with Gasteiger partial charge in [-0.15, -0.1) is 0 Å². The number of rotatable bonds is 8. The van der Waals surface area contributed by atoms with Crippen molar-refractivity contribution in [3.63, 3.8) is 0 Å². The van der Waals surface area contributed by atoms with E-state index in [4.69, 9.17) is 9.47 Å². The van der Waals surface area contributed by atoms with Crippen molar-refractivity contribution in [2.75, 3.05) is 31.6 Å². The lowest BCUT2D eigenvalue weighted by Gasteiger charge is -2.34. The minimum atomic E-state index is -0.723. The molecular formula is C25H33N3O5. The molecule has 2 rings (SSSR count). The molecule has 0 saturated heterocycles. The van der Waals surface area contributed by atoms with Crippen molar-refractivity contribution in [1.29, 1.82) is 0 Å². The SMILES string of the molecule is CCN(CCN(C(=O)OC(C)(C)C)N(C)C(=O)OCc1ccccc1)c1ccc(C=O)cc1. The summed E-state index contributed by atoms with van der Waals surface area (Å²) in [4.78, 5) is 38.5. The van der Waals surface area contributed by atoms with E-state index < -0.39 is 17.8 Å². The lowest BCUT2D eigenvalue weighted by Crippen LogP contribution is -2.52. The number of hydrogen-bond acceptors (Lipinski definition) is 6. The number of carbonyl (C=O) groups is 3. The number of carbonyl (C=O) groups excluding carboxylic acids is 3. The van der Waals surface area contributed by atoms with Crippen molar-refractivity contribution in [2.45, 2.75) is 39.9 Å². The van der Waals surface area contributed by atoms with E-state index in [1.54, 1.807) is 32.9 Å². The summed E-state index contributed by atoms with van der Waals surface area (Å²) in [5.74, 6) is 0. The normalized spacial score (nSPS) is 10.8. The largest absolute Gasteiger partial charge is 0.443 e. The second-order valence-corrected chi connectivity index (χ2v) is 8.46. The fraction of sp³-hybridized carbons (Fsp3) is 0.400. The third kappa shape index (κ3) is 8.14. The van der Waals surface area contributed by atoms with Crippen LogP contribution in [0.15, 0.2) is 54.6 Å². The zero-order chi connectivity index (χ0) is 24.4. The van der Waals surface area contributed by atoms with Gasteiger partial charge in [0.05, 0.1) is 6.54 Å². The van der Waals surface area contributed by atoms with Crippen LogP contribution in [0.5, 0.6) is 0 Å². The minimum Gasteiger partial charge on any atom is -0.443 e. The number of aldehydes is 1. The highest BCUT2D eigenvalue weighted by Crippen LogP contribution is 2.16. The van der Waals surface area contributed by atoms with Crippen molar-refractivity contribution in [3.05, 3.63) is 65.7 Å². The van der Waals surface area contributed by atoms with Gasteiger partial charge in [0.25, 0.3) is 0 Å². The van der Waals surface area contributed by atoms with Crippen LogP contribution >= 0.6 is 0 Å². The Morgan fingerprint density at radius 2 is 1.58 bits per heavy atom. The highest BCUT2D eigenvalue weighted by molar-refractivity contribution is 5.76. The van der Waals surface area contributed by atoms with E-state index in [2.05, 4.69) is 0 Å². The van der Waals surface area contributed by atoms with Crippen molar-refractivity contribution >= 4 is 24.2 Å². The number of anilines is 1. The van der Waals surface area contributed by atoms with Gasteiger partial charge in [0.2, 0.25) is 0 Å². The molecule has 0 aromatic heterocycles. The van der Waals surface area contributed by atoms with Gasteiger partial charge in [-0.3, -0.25) is 4.79 Å². The zero-order valence-electron chi connectivity index (χ0n) is 20.0. The average Bonchev–Trinajstić information content (AvgIpc) is 2.79. The molecule has 178 valence electrons. The summed E-state index contributed by atoms with van der Waals surface area (Å²) in [5, 5.41) is 2.38. The van der Waals surface area contributed by atoms with Crippen LogP contribution in [-0.2, 0) is 16.1 Å². The van der Waals surface area contributed by atoms with Crippen LogP contribution in [0.1, 0.15) is 43.6 Å². The Hall–Kier alpha value is -3.55. The highest BCUT2D eigenvalue weighted by Gasteiger charge is 2.29. The van der Waals surface area contributed by atoms with Gasteiger partial charge in [-0.05, 0) is 57.5 Å². The monoisotopic (exact) mass is 455 g/mol. The molecule has 0 atom stereocenters. The molecule has 0 spiro atoms. The summed E-state index contributed by atoms with van der Waals surface area (Å²) in [7, 11) is 1.48. The van der Waals surface area contributed by atoms with E-state index >= 15 is 0 Å². The molecule has 0 radical (unpaired) electrons. The van der Waals surface area contributed by atoms with E-state index in [1.807, 2.05) is 54.3 Å². The fourth-order valence-corrected chi connectivity index (χ4v) is 3.04. The van der Waals surface area contributed by atoms with Crippen molar-refractivity contribution in [3.8, 4) is 0 Å². The number of nitrogens with zero attached hydrogens (tertiary/aromatic N) is 3. The standard InChI is InChI=1S/C25H33N3O5/c1-6-27(22-14-12-20(18-29)13-15-22)16-17-28(24(31)33-25(2,3)4)26(5)23(30)32-19-21-10-8-7-9-11-21/h7-15,18H,6,16-17,19H2,1-5H3. The summed E-state index contributed by atoms with van der Waals surface area (Å²) in [6.45, 7) is 8.68. The molecule has 0 aliphatic rings. The Labute approximate surface area is 195 Å². The molecule has 8 heteroatoms. The molecule has 0 N–H and O–H groups in total. The first kappa shape index (κ1) is 25.7. The lowest BCUT2D eigenvalue weighted by atomic mass is 10.2. The molecule has 33 heavy (non-hydrogen) atoms. The summed E-state index contributed by atoms with van der Waals surface area (Å²) in [6, 6.07) is 16.5. The number of hydrogen-bond donors (Lipinski definition) is 0. The van der Waals surface area contributed by atoms with E-state index in [1.165, 1.54) is 12.1 Å².